The Morgan fingerprint density at radius 1 is 0.882 bits per heavy atom. The molecule has 34 heavy (non-hydrogen) atoms. The molecule has 0 saturated heterocycles. The smallest absolute Gasteiger partial charge is 0.195 e. The number of allylic oxidation sites excluding steroid dienone is 4. The van der Waals surface area contributed by atoms with Crippen molar-refractivity contribution in [2.75, 3.05) is 0 Å². The van der Waals surface area contributed by atoms with E-state index in [0.717, 1.165) is 30.1 Å². The Hall–Kier alpha value is -1.88. The minimum atomic E-state index is -0.711. The van der Waals surface area contributed by atoms with Crippen LogP contribution in [0.3, 0.4) is 0 Å². The van der Waals surface area contributed by atoms with E-state index in [4.69, 9.17) is 5.26 Å². The monoisotopic (exact) mass is 463 g/mol. The molecule has 0 unspecified atom stereocenters. The van der Waals surface area contributed by atoms with E-state index in [1.54, 1.807) is 11.6 Å². The second kappa shape index (κ2) is 15.2. The predicted octanol–water partition coefficient (Wildman–Crippen LogP) is 9.99. The van der Waals surface area contributed by atoms with Crippen LogP contribution in [0.25, 0.3) is 0 Å². The van der Waals surface area contributed by atoms with Crippen molar-refractivity contribution in [3.63, 3.8) is 0 Å². The maximum atomic E-state index is 12.8. The van der Waals surface area contributed by atoms with Crippen molar-refractivity contribution in [2.24, 2.45) is 17.8 Å². The van der Waals surface area contributed by atoms with Crippen molar-refractivity contribution < 1.29 is 4.39 Å². The van der Waals surface area contributed by atoms with Crippen molar-refractivity contribution >= 4 is 0 Å². The zero-order chi connectivity index (χ0) is 24.0. The van der Waals surface area contributed by atoms with Crippen LogP contribution in [0, 0.1) is 29.1 Å². The molecule has 2 fully saturated rings. The summed E-state index contributed by atoms with van der Waals surface area (Å²) >= 11 is 0. The molecule has 2 saturated carbocycles. The van der Waals surface area contributed by atoms with Crippen LogP contribution in [0.15, 0.2) is 48.3 Å². The summed E-state index contributed by atoms with van der Waals surface area (Å²) in [4.78, 5) is 0. The van der Waals surface area contributed by atoms with Crippen LogP contribution < -0.4 is 0 Å². The van der Waals surface area contributed by atoms with Gasteiger partial charge in [-0.15, -0.1) is 0 Å². The van der Waals surface area contributed by atoms with Gasteiger partial charge in [-0.25, -0.2) is 0 Å². The lowest BCUT2D eigenvalue weighted by atomic mass is 9.74. The van der Waals surface area contributed by atoms with E-state index in [1.807, 2.05) is 6.08 Å². The molecule has 0 bridgehead atoms. The average molecular weight is 464 g/mol. The van der Waals surface area contributed by atoms with Crippen LogP contribution in [0.4, 0.5) is 4.39 Å². The van der Waals surface area contributed by atoms with Crippen LogP contribution in [0.1, 0.15) is 120 Å². The van der Waals surface area contributed by atoms with E-state index < -0.39 is 5.83 Å². The van der Waals surface area contributed by atoms with E-state index >= 15 is 0 Å². The first kappa shape index (κ1) is 26.7. The molecular weight excluding hydrogens is 417 g/mol. The van der Waals surface area contributed by atoms with Crippen molar-refractivity contribution in [1.29, 1.82) is 5.26 Å². The molecule has 0 atom stereocenters. The number of nitrogens with zero attached hydrogens (tertiary/aromatic N) is 1. The summed E-state index contributed by atoms with van der Waals surface area (Å²) < 4.78 is 12.8. The van der Waals surface area contributed by atoms with Gasteiger partial charge >= 0.3 is 0 Å². The normalized spacial score (nSPS) is 26.0. The van der Waals surface area contributed by atoms with E-state index in [1.165, 1.54) is 114 Å². The third-order valence-electron chi connectivity index (χ3n) is 8.54. The lowest BCUT2D eigenvalue weighted by Gasteiger charge is -2.32. The second-order valence-corrected chi connectivity index (χ2v) is 11.0. The highest BCUT2D eigenvalue weighted by Crippen LogP contribution is 2.40. The topological polar surface area (TPSA) is 23.8 Å². The Labute approximate surface area is 208 Å². The molecule has 0 heterocycles. The summed E-state index contributed by atoms with van der Waals surface area (Å²) in [5.41, 5.74) is 3.09. The summed E-state index contributed by atoms with van der Waals surface area (Å²) in [5.74, 6) is 2.81. The highest BCUT2D eigenvalue weighted by Gasteiger charge is 2.25. The number of benzene rings is 1. The number of hydrogen-bond acceptors (Lipinski definition) is 1. The first-order chi connectivity index (χ1) is 16.7. The SMILES string of the molecule is CCCCCc1ccc(C2CCC(CCC3CCC(CC/C=C/C=C(\F)C#N)CC3)CC2)cc1. The summed E-state index contributed by atoms with van der Waals surface area (Å²) in [6.07, 6.45) is 26.4. The minimum absolute atomic E-state index is 0.711. The maximum absolute atomic E-state index is 12.8. The number of aryl methyl sites for hydroxylation is 1. The van der Waals surface area contributed by atoms with Gasteiger partial charge in [-0.05, 0) is 92.2 Å². The van der Waals surface area contributed by atoms with Crippen LogP contribution >= 0.6 is 0 Å². The Morgan fingerprint density at radius 2 is 1.47 bits per heavy atom. The van der Waals surface area contributed by atoms with Gasteiger partial charge in [0.15, 0.2) is 5.83 Å². The highest BCUT2D eigenvalue weighted by atomic mass is 19.1. The number of nitriles is 1. The van der Waals surface area contributed by atoms with E-state index in [9.17, 15) is 4.39 Å². The molecule has 2 aliphatic rings. The molecule has 0 spiro atoms. The highest BCUT2D eigenvalue weighted by molar-refractivity contribution is 5.26. The molecule has 1 aromatic rings. The first-order valence-corrected chi connectivity index (χ1v) is 14.2. The minimum Gasteiger partial charge on any atom is -0.195 e. The van der Waals surface area contributed by atoms with E-state index in [0.29, 0.717) is 0 Å². The van der Waals surface area contributed by atoms with Gasteiger partial charge in [0.25, 0.3) is 0 Å². The van der Waals surface area contributed by atoms with Crippen molar-refractivity contribution in [2.45, 2.75) is 116 Å². The summed E-state index contributed by atoms with van der Waals surface area (Å²) in [6, 6.07) is 11.1. The largest absolute Gasteiger partial charge is 0.199 e. The molecule has 2 aliphatic carbocycles. The van der Waals surface area contributed by atoms with Gasteiger partial charge < -0.3 is 0 Å². The molecule has 0 radical (unpaired) electrons. The number of unbranched alkanes of at least 4 members (excludes halogenated alkanes) is 2. The van der Waals surface area contributed by atoms with Crippen LogP contribution in [0.5, 0.6) is 0 Å². The standard InChI is InChI=1S/C32H46FN/c1-2-3-5-8-27-17-21-30(22-18-27)31-23-19-29(20-24-31)16-15-28-13-11-26(12-14-28)9-6-4-7-10-32(33)25-34/h4,7,10,17-18,21-22,26,28-29,31H,2-3,5-6,8-9,11-16,19-20,23-24H2,1H3/b7-4+,32-10-. The number of rotatable bonds is 12. The molecule has 2 heteroatoms. The average Bonchev–Trinajstić information content (AvgIpc) is 2.89. The zero-order valence-corrected chi connectivity index (χ0v) is 21.5. The van der Waals surface area contributed by atoms with Gasteiger partial charge in [-0.1, -0.05) is 94.7 Å². The van der Waals surface area contributed by atoms with E-state index in [2.05, 4.69) is 31.2 Å². The van der Waals surface area contributed by atoms with Crippen LogP contribution in [-0.4, -0.2) is 0 Å². The summed E-state index contributed by atoms with van der Waals surface area (Å²) in [6.45, 7) is 2.27. The quantitative estimate of drug-likeness (QED) is 0.172. The van der Waals surface area contributed by atoms with Gasteiger partial charge in [0.1, 0.15) is 6.07 Å². The second-order valence-electron chi connectivity index (χ2n) is 11.0. The lowest BCUT2D eigenvalue weighted by molar-refractivity contribution is 0.225. The molecule has 1 aromatic carbocycles. The van der Waals surface area contributed by atoms with Gasteiger partial charge in [-0.3, -0.25) is 0 Å². The zero-order valence-electron chi connectivity index (χ0n) is 21.5. The Bertz CT molecular complexity index is 783. The van der Waals surface area contributed by atoms with Crippen molar-refractivity contribution in [1.82, 2.24) is 0 Å². The maximum Gasteiger partial charge on any atom is 0.199 e. The van der Waals surface area contributed by atoms with Crippen molar-refractivity contribution in [3.8, 4) is 6.07 Å². The summed E-state index contributed by atoms with van der Waals surface area (Å²) in [5, 5.41) is 8.41. The molecule has 0 aliphatic heterocycles. The lowest BCUT2D eigenvalue weighted by Crippen LogP contribution is -2.17. The number of hydrogen-bond donors (Lipinski definition) is 0. The molecule has 0 N–H and O–H groups in total. The fraction of sp³-hybridized carbons (Fsp3) is 0.656. The molecule has 0 aromatic heterocycles. The summed E-state index contributed by atoms with van der Waals surface area (Å²) in [7, 11) is 0. The molecule has 1 nitrogen and oxygen atoms in total. The van der Waals surface area contributed by atoms with E-state index in [-0.39, 0.29) is 0 Å². The molecule has 3 rings (SSSR count). The Balaban J connectivity index is 1.27. The van der Waals surface area contributed by atoms with Crippen LogP contribution in [-0.2, 0) is 6.42 Å². The fourth-order valence-electron chi connectivity index (χ4n) is 6.22. The molecule has 0 amide bonds. The van der Waals surface area contributed by atoms with Crippen molar-refractivity contribution in [3.05, 3.63) is 59.4 Å². The van der Waals surface area contributed by atoms with Crippen LogP contribution in [0.2, 0.25) is 0 Å². The van der Waals surface area contributed by atoms with Gasteiger partial charge in [0, 0.05) is 0 Å². The predicted molar refractivity (Wildman–Crippen MR) is 142 cm³/mol. The fourth-order valence-corrected chi connectivity index (χ4v) is 6.22. The van der Waals surface area contributed by atoms with Gasteiger partial charge in [0.05, 0.1) is 0 Å². The number of halogens is 1. The third-order valence-corrected chi connectivity index (χ3v) is 8.54. The Morgan fingerprint density at radius 3 is 2.06 bits per heavy atom. The first-order valence-electron chi connectivity index (χ1n) is 14.2. The van der Waals surface area contributed by atoms with Gasteiger partial charge in [-0.2, -0.15) is 9.65 Å². The third kappa shape index (κ3) is 9.40. The molecular formula is C32H46FN. The molecule has 186 valence electrons. The Kier molecular flexibility index (Phi) is 11.9. The van der Waals surface area contributed by atoms with Gasteiger partial charge in [0.2, 0.25) is 0 Å².